The molecule has 0 aliphatic rings. The average Bonchev–Trinajstić information content (AvgIpc) is 2.79. The van der Waals surface area contributed by atoms with Crippen molar-refractivity contribution in [3.8, 4) is 10.6 Å². The third-order valence-corrected chi connectivity index (χ3v) is 3.05. The summed E-state index contributed by atoms with van der Waals surface area (Å²) < 4.78 is 4.88. The van der Waals surface area contributed by atoms with Crippen molar-refractivity contribution < 1.29 is 9.53 Å². The van der Waals surface area contributed by atoms with Crippen molar-refractivity contribution in [2.75, 3.05) is 6.61 Å². The van der Waals surface area contributed by atoms with E-state index in [1.54, 1.807) is 19.3 Å². The van der Waals surface area contributed by atoms with Gasteiger partial charge in [-0.15, -0.1) is 11.3 Å². The van der Waals surface area contributed by atoms with Crippen LogP contribution in [0.3, 0.4) is 0 Å². The maximum Gasteiger partial charge on any atom is 0.311 e. The van der Waals surface area contributed by atoms with E-state index in [1.165, 1.54) is 11.3 Å². The number of pyridine rings is 1. The van der Waals surface area contributed by atoms with Gasteiger partial charge in [0.05, 0.1) is 18.7 Å². The molecule has 0 atom stereocenters. The Morgan fingerprint density at radius 2 is 2.18 bits per heavy atom. The van der Waals surface area contributed by atoms with Gasteiger partial charge in [0.15, 0.2) is 0 Å². The molecule has 5 heteroatoms. The van der Waals surface area contributed by atoms with Crippen molar-refractivity contribution in [1.29, 1.82) is 0 Å². The number of ether oxygens (including phenoxy) is 1. The van der Waals surface area contributed by atoms with Crippen LogP contribution in [-0.2, 0) is 16.0 Å². The molecule has 2 aromatic rings. The molecule has 0 radical (unpaired) electrons. The molecule has 0 aliphatic carbocycles. The fourth-order valence-corrected chi connectivity index (χ4v) is 2.20. The Balaban J connectivity index is 2.09. The highest BCUT2D eigenvalue weighted by molar-refractivity contribution is 7.13. The number of thiazole rings is 1. The van der Waals surface area contributed by atoms with Gasteiger partial charge in [0.1, 0.15) is 5.01 Å². The van der Waals surface area contributed by atoms with E-state index >= 15 is 0 Å². The molecule has 2 aromatic heterocycles. The highest BCUT2D eigenvalue weighted by atomic mass is 32.1. The number of hydrogen-bond acceptors (Lipinski definition) is 5. The first-order valence-corrected chi connectivity index (χ1v) is 6.18. The van der Waals surface area contributed by atoms with E-state index in [-0.39, 0.29) is 12.4 Å². The van der Waals surface area contributed by atoms with Gasteiger partial charge in [-0.05, 0) is 19.1 Å². The van der Waals surface area contributed by atoms with Crippen LogP contribution in [0.25, 0.3) is 10.6 Å². The minimum atomic E-state index is -0.237. The SMILES string of the molecule is CCOC(=O)Cc1csc(-c2ccncc2)n1. The predicted molar refractivity (Wildman–Crippen MR) is 65.7 cm³/mol. The van der Waals surface area contributed by atoms with Gasteiger partial charge in [-0.1, -0.05) is 0 Å². The maximum atomic E-state index is 11.3. The zero-order chi connectivity index (χ0) is 12.1. The molecule has 0 saturated heterocycles. The van der Waals surface area contributed by atoms with Crippen molar-refractivity contribution in [1.82, 2.24) is 9.97 Å². The molecule has 0 bridgehead atoms. The summed E-state index contributed by atoms with van der Waals surface area (Å²) in [4.78, 5) is 19.6. The first kappa shape index (κ1) is 11.7. The lowest BCUT2D eigenvalue weighted by Crippen LogP contribution is -2.07. The summed E-state index contributed by atoms with van der Waals surface area (Å²) in [6, 6.07) is 3.79. The molecule has 2 heterocycles. The van der Waals surface area contributed by atoms with E-state index in [0.29, 0.717) is 6.61 Å². The molecule has 17 heavy (non-hydrogen) atoms. The number of hydrogen-bond donors (Lipinski definition) is 0. The van der Waals surface area contributed by atoms with E-state index in [4.69, 9.17) is 4.74 Å². The van der Waals surface area contributed by atoms with Gasteiger partial charge < -0.3 is 4.74 Å². The second-order valence-corrected chi connectivity index (χ2v) is 4.22. The highest BCUT2D eigenvalue weighted by Crippen LogP contribution is 2.23. The predicted octanol–water partition coefficient (Wildman–Crippen LogP) is 2.31. The lowest BCUT2D eigenvalue weighted by Gasteiger charge is -1.98. The van der Waals surface area contributed by atoms with Gasteiger partial charge in [0.25, 0.3) is 0 Å². The zero-order valence-electron chi connectivity index (χ0n) is 9.42. The molecule has 0 saturated carbocycles. The first-order chi connectivity index (χ1) is 8.29. The number of aromatic nitrogens is 2. The van der Waals surface area contributed by atoms with E-state index in [9.17, 15) is 4.79 Å². The molecule has 4 nitrogen and oxygen atoms in total. The quantitative estimate of drug-likeness (QED) is 0.779. The summed E-state index contributed by atoms with van der Waals surface area (Å²) in [5.74, 6) is -0.237. The average molecular weight is 248 g/mol. The summed E-state index contributed by atoms with van der Waals surface area (Å²) >= 11 is 1.52. The largest absolute Gasteiger partial charge is 0.466 e. The van der Waals surface area contributed by atoms with Gasteiger partial charge in [0, 0.05) is 23.3 Å². The van der Waals surface area contributed by atoms with Crippen molar-refractivity contribution >= 4 is 17.3 Å². The van der Waals surface area contributed by atoms with Gasteiger partial charge in [0.2, 0.25) is 0 Å². The van der Waals surface area contributed by atoms with Crippen LogP contribution >= 0.6 is 11.3 Å². The second kappa shape index (κ2) is 5.54. The number of nitrogens with zero attached hydrogens (tertiary/aromatic N) is 2. The number of rotatable bonds is 4. The fourth-order valence-electron chi connectivity index (χ4n) is 1.38. The van der Waals surface area contributed by atoms with E-state index < -0.39 is 0 Å². The first-order valence-electron chi connectivity index (χ1n) is 5.30. The summed E-state index contributed by atoms with van der Waals surface area (Å²) in [6.45, 7) is 2.20. The van der Waals surface area contributed by atoms with Crippen molar-refractivity contribution in [3.05, 3.63) is 35.6 Å². The number of esters is 1. The van der Waals surface area contributed by atoms with Gasteiger partial charge in [-0.25, -0.2) is 4.98 Å². The second-order valence-electron chi connectivity index (χ2n) is 3.36. The normalized spacial score (nSPS) is 10.2. The van der Waals surface area contributed by atoms with Crippen LogP contribution in [0.1, 0.15) is 12.6 Å². The lowest BCUT2D eigenvalue weighted by molar-refractivity contribution is -0.142. The van der Waals surface area contributed by atoms with Gasteiger partial charge in [-0.3, -0.25) is 9.78 Å². The molecule has 0 amide bonds. The molecular formula is C12H12N2O2S. The third kappa shape index (κ3) is 3.10. The summed E-state index contributed by atoms with van der Waals surface area (Å²) in [5.41, 5.74) is 1.76. The Morgan fingerprint density at radius 3 is 2.88 bits per heavy atom. The number of carbonyl (C=O) groups excluding carboxylic acids is 1. The minimum Gasteiger partial charge on any atom is -0.466 e. The van der Waals surface area contributed by atoms with E-state index in [2.05, 4.69) is 9.97 Å². The highest BCUT2D eigenvalue weighted by Gasteiger charge is 2.09. The smallest absolute Gasteiger partial charge is 0.311 e. The Labute approximate surface area is 103 Å². The molecule has 0 N–H and O–H groups in total. The molecule has 88 valence electrons. The van der Waals surface area contributed by atoms with Crippen LogP contribution in [0.5, 0.6) is 0 Å². The lowest BCUT2D eigenvalue weighted by atomic mass is 10.3. The van der Waals surface area contributed by atoms with Crippen LogP contribution < -0.4 is 0 Å². The topological polar surface area (TPSA) is 52.1 Å². The standard InChI is InChI=1S/C12H12N2O2S/c1-2-16-11(15)7-10-8-17-12(14-10)9-3-5-13-6-4-9/h3-6,8H,2,7H2,1H3. The third-order valence-electron chi connectivity index (χ3n) is 2.11. The van der Waals surface area contributed by atoms with E-state index in [1.807, 2.05) is 17.5 Å². The van der Waals surface area contributed by atoms with Crippen molar-refractivity contribution in [3.63, 3.8) is 0 Å². The number of carbonyl (C=O) groups is 1. The van der Waals surface area contributed by atoms with Crippen LogP contribution in [0.2, 0.25) is 0 Å². The molecule has 0 fully saturated rings. The van der Waals surface area contributed by atoms with Crippen LogP contribution in [-0.4, -0.2) is 22.5 Å². The molecule has 0 unspecified atom stereocenters. The maximum absolute atomic E-state index is 11.3. The van der Waals surface area contributed by atoms with Gasteiger partial charge >= 0.3 is 5.97 Å². The van der Waals surface area contributed by atoms with Crippen LogP contribution in [0.15, 0.2) is 29.9 Å². The summed E-state index contributed by atoms with van der Waals surface area (Å²) in [6.07, 6.45) is 3.68. The fraction of sp³-hybridized carbons (Fsp3) is 0.250. The van der Waals surface area contributed by atoms with Crippen LogP contribution in [0.4, 0.5) is 0 Å². The Bertz CT molecular complexity index is 496. The molecule has 2 rings (SSSR count). The molecule has 0 spiro atoms. The molecule has 0 aromatic carbocycles. The Morgan fingerprint density at radius 1 is 1.41 bits per heavy atom. The molecule has 0 aliphatic heterocycles. The van der Waals surface area contributed by atoms with Crippen LogP contribution in [0, 0.1) is 0 Å². The summed E-state index contributed by atoms with van der Waals surface area (Å²) in [7, 11) is 0. The van der Waals surface area contributed by atoms with Gasteiger partial charge in [-0.2, -0.15) is 0 Å². The monoisotopic (exact) mass is 248 g/mol. The Hall–Kier alpha value is -1.75. The zero-order valence-corrected chi connectivity index (χ0v) is 10.2. The van der Waals surface area contributed by atoms with Crippen molar-refractivity contribution in [2.45, 2.75) is 13.3 Å². The minimum absolute atomic E-state index is 0.232. The Kier molecular flexibility index (Phi) is 3.82. The molecular weight excluding hydrogens is 236 g/mol. The van der Waals surface area contributed by atoms with E-state index in [0.717, 1.165) is 16.3 Å². The van der Waals surface area contributed by atoms with Crippen molar-refractivity contribution in [2.24, 2.45) is 0 Å². The summed E-state index contributed by atoms with van der Waals surface area (Å²) in [5, 5.41) is 2.78.